The molecule has 1 fully saturated rings. The van der Waals surface area contributed by atoms with Gasteiger partial charge in [-0.3, -0.25) is 0 Å². The molecule has 2 rings (SSSR count). The Labute approximate surface area is 158 Å². The van der Waals surface area contributed by atoms with Gasteiger partial charge in [0, 0.05) is 40.4 Å². The van der Waals surface area contributed by atoms with Crippen molar-refractivity contribution < 1.29 is 4.74 Å². The fourth-order valence-corrected chi connectivity index (χ4v) is 3.72. The van der Waals surface area contributed by atoms with Crippen LogP contribution in [0.3, 0.4) is 0 Å². The molecule has 0 spiro atoms. The maximum Gasteiger partial charge on any atom is 0.194 e. The second-order valence-electron chi connectivity index (χ2n) is 7.72. The standard InChI is InChI=1S/C19H36N6O/c1-6-9-19(3)10-7-12-25(15-19)18(20-11-8-13-26-5)21-14-17-23-22-16(2)24(17)4/h6-15H2,1-5H3,(H,20,21). The summed E-state index contributed by atoms with van der Waals surface area (Å²) >= 11 is 0. The summed E-state index contributed by atoms with van der Waals surface area (Å²) in [6.45, 7) is 11.0. The molecule has 1 aromatic heterocycles. The zero-order valence-electron chi connectivity index (χ0n) is 17.2. The van der Waals surface area contributed by atoms with E-state index in [1.54, 1.807) is 7.11 Å². The molecule has 0 saturated carbocycles. The number of ether oxygens (including phenoxy) is 1. The van der Waals surface area contributed by atoms with Gasteiger partial charge < -0.3 is 19.5 Å². The minimum Gasteiger partial charge on any atom is -0.385 e. The van der Waals surface area contributed by atoms with Crippen molar-refractivity contribution in [2.75, 3.05) is 33.4 Å². The van der Waals surface area contributed by atoms with Crippen LogP contribution < -0.4 is 5.32 Å². The molecule has 148 valence electrons. The van der Waals surface area contributed by atoms with E-state index < -0.39 is 0 Å². The van der Waals surface area contributed by atoms with Gasteiger partial charge in [0.2, 0.25) is 0 Å². The van der Waals surface area contributed by atoms with E-state index in [0.717, 1.165) is 50.3 Å². The van der Waals surface area contributed by atoms with E-state index in [0.29, 0.717) is 12.0 Å². The van der Waals surface area contributed by atoms with Crippen LogP contribution >= 0.6 is 0 Å². The Bertz CT molecular complexity index is 581. The van der Waals surface area contributed by atoms with Gasteiger partial charge >= 0.3 is 0 Å². The summed E-state index contributed by atoms with van der Waals surface area (Å²) in [5, 5.41) is 11.9. The molecule has 1 unspecified atom stereocenters. The minimum atomic E-state index is 0.378. The molecule has 1 aliphatic rings. The molecule has 1 atom stereocenters. The Kier molecular flexibility index (Phi) is 7.87. The summed E-state index contributed by atoms with van der Waals surface area (Å²) in [5.41, 5.74) is 0.378. The number of hydrogen-bond donors (Lipinski definition) is 1. The Morgan fingerprint density at radius 1 is 1.38 bits per heavy atom. The van der Waals surface area contributed by atoms with E-state index in [1.807, 2.05) is 18.5 Å². The van der Waals surface area contributed by atoms with Crippen LogP contribution in [0.25, 0.3) is 0 Å². The normalized spacial score (nSPS) is 21.3. The van der Waals surface area contributed by atoms with Crippen molar-refractivity contribution in [2.45, 2.75) is 59.4 Å². The quantitative estimate of drug-likeness (QED) is 0.436. The van der Waals surface area contributed by atoms with Crippen LogP contribution in [0.2, 0.25) is 0 Å². The molecule has 0 amide bonds. The van der Waals surface area contributed by atoms with Crippen LogP contribution in [0.15, 0.2) is 4.99 Å². The number of rotatable bonds is 8. The molecule has 1 saturated heterocycles. The number of aryl methyl sites for hydroxylation is 1. The lowest BCUT2D eigenvalue weighted by Gasteiger charge is -2.42. The number of hydrogen-bond acceptors (Lipinski definition) is 4. The molecule has 7 nitrogen and oxygen atoms in total. The first-order chi connectivity index (χ1) is 12.5. The average Bonchev–Trinajstić information content (AvgIpc) is 2.93. The number of aliphatic imine (C=N–C) groups is 1. The molecule has 26 heavy (non-hydrogen) atoms. The fraction of sp³-hybridized carbons (Fsp3) is 0.842. The summed E-state index contributed by atoms with van der Waals surface area (Å²) in [6, 6.07) is 0. The topological polar surface area (TPSA) is 67.6 Å². The number of aromatic nitrogens is 3. The van der Waals surface area contributed by atoms with Crippen molar-refractivity contribution >= 4 is 5.96 Å². The Hall–Kier alpha value is -1.63. The first-order valence-electron chi connectivity index (χ1n) is 9.86. The first-order valence-corrected chi connectivity index (χ1v) is 9.86. The molecule has 0 aromatic carbocycles. The van der Waals surface area contributed by atoms with Gasteiger partial charge in [-0.25, -0.2) is 4.99 Å². The summed E-state index contributed by atoms with van der Waals surface area (Å²) in [6.07, 6.45) is 5.99. The smallest absolute Gasteiger partial charge is 0.194 e. The Morgan fingerprint density at radius 3 is 2.85 bits per heavy atom. The van der Waals surface area contributed by atoms with Crippen LogP contribution in [0.5, 0.6) is 0 Å². The molecule has 0 aliphatic carbocycles. The third-order valence-corrected chi connectivity index (χ3v) is 5.30. The van der Waals surface area contributed by atoms with Crippen molar-refractivity contribution in [3.8, 4) is 0 Å². The van der Waals surface area contributed by atoms with Gasteiger partial charge in [0.25, 0.3) is 0 Å². The van der Waals surface area contributed by atoms with Gasteiger partial charge in [-0.05, 0) is 38.0 Å². The lowest BCUT2D eigenvalue weighted by atomic mass is 9.78. The molecule has 1 N–H and O–H groups in total. The van der Waals surface area contributed by atoms with Crippen molar-refractivity contribution in [1.29, 1.82) is 0 Å². The lowest BCUT2D eigenvalue weighted by molar-refractivity contribution is 0.142. The monoisotopic (exact) mass is 364 g/mol. The average molecular weight is 365 g/mol. The number of nitrogens with one attached hydrogen (secondary N) is 1. The summed E-state index contributed by atoms with van der Waals surface area (Å²) in [4.78, 5) is 7.31. The molecule has 0 bridgehead atoms. The Balaban J connectivity index is 2.09. The van der Waals surface area contributed by atoms with E-state index in [2.05, 4.69) is 34.3 Å². The number of guanidine groups is 1. The zero-order valence-corrected chi connectivity index (χ0v) is 17.2. The molecular formula is C19H36N6O. The van der Waals surface area contributed by atoms with E-state index in [1.165, 1.54) is 25.7 Å². The summed E-state index contributed by atoms with van der Waals surface area (Å²) < 4.78 is 7.17. The highest BCUT2D eigenvalue weighted by molar-refractivity contribution is 5.80. The largest absolute Gasteiger partial charge is 0.385 e. The maximum absolute atomic E-state index is 5.17. The minimum absolute atomic E-state index is 0.378. The highest BCUT2D eigenvalue weighted by atomic mass is 16.5. The second kappa shape index (κ2) is 9.90. The molecule has 1 aliphatic heterocycles. The number of methoxy groups -OCH3 is 1. The summed E-state index contributed by atoms with van der Waals surface area (Å²) in [7, 11) is 3.73. The third-order valence-electron chi connectivity index (χ3n) is 5.30. The number of nitrogens with zero attached hydrogens (tertiary/aromatic N) is 5. The van der Waals surface area contributed by atoms with Crippen LogP contribution in [0, 0.1) is 12.3 Å². The van der Waals surface area contributed by atoms with Gasteiger partial charge in [-0.2, -0.15) is 0 Å². The van der Waals surface area contributed by atoms with Crippen molar-refractivity contribution in [1.82, 2.24) is 25.0 Å². The number of piperidine rings is 1. The highest BCUT2D eigenvalue weighted by Gasteiger charge is 2.31. The lowest BCUT2D eigenvalue weighted by Crippen LogP contribution is -2.50. The predicted octanol–water partition coefficient (Wildman–Crippen LogP) is 2.51. The molecular weight excluding hydrogens is 328 g/mol. The maximum atomic E-state index is 5.17. The van der Waals surface area contributed by atoms with Crippen LogP contribution in [0.1, 0.15) is 57.6 Å². The van der Waals surface area contributed by atoms with E-state index in [4.69, 9.17) is 9.73 Å². The van der Waals surface area contributed by atoms with E-state index in [-0.39, 0.29) is 0 Å². The van der Waals surface area contributed by atoms with Gasteiger partial charge in [0.05, 0.1) is 0 Å². The van der Waals surface area contributed by atoms with Crippen molar-refractivity contribution in [2.24, 2.45) is 17.5 Å². The second-order valence-corrected chi connectivity index (χ2v) is 7.72. The fourth-order valence-electron chi connectivity index (χ4n) is 3.72. The van der Waals surface area contributed by atoms with Gasteiger partial charge in [-0.15, -0.1) is 10.2 Å². The predicted molar refractivity (Wildman–Crippen MR) is 105 cm³/mol. The SMILES string of the molecule is CCCC1(C)CCCN(C(=NCc2nnc(C)n2C)NCCCOC)C1. The van der Waals surface area contributed by atoms with Gasteiger partial charge in [0.15, 0.2) is 11.8 Å². The van der Waals surface area contributed by atoms with E-state index in [9.17, 15) is 0 Å². The molecule has 0 radical (unpaired) electrons. The van der Waals surface area contributed by atoms with Crippen LogP contribution in [-0.4, -0.2) is 59.0 Å². The van der Waals surface area contributed by atoms with Gasteiger partial charge in [-0.1, -0.05) is 20.3 Å². The van der Waals surface area contributed by atoms with Crippen LogP contribution in [0.4, 0.5) is 0 Å². The number of likely N-dealkylation sites (tertiary alicyclic amines) is 1. The Morgan fingerprint density at radius 2 is 2.19 bits per heavy atom. The van der Waals surface area contributed by atoms with Crippen molar-refractivity contribution in [3.05, 3.63) is 11.6 Å². The van der Waals surface area contributed by atoms with Crippen LogP contribution in [-0.2, 0) is 18.3 Å². The molecule has 7 heteroatoms. The molecule has 2 heterocycles. The third kappa shape index (κ3) is 5.69. The van der Waals surface area contributed by atoms with Gasteiger partial charge in [0.1, 0.15) is 12.4 Å². The zero-order chi connectivity index (χ0) is 19.0. The van der Waals surface area contributed by atoms with E-state index >= 15 is 0 Å². The molecule has 1 aromatic rings. The van der Waals surface area contributed by atoms with Crippen molar-refractivity contribution in [3.63, 3.8) is 0 Å². The first kappa shape index (κ1) is 20.7. The summed E-state index contributed by atoms with van der Waals surface area (Å²) in [5.74, 6) is 2.80. The highest BCUT2D eigenvalue weighted by Crippen LogP contribution is 2.33.